The van der Waals surface area contributed by atoms with Crippen LogP contribution in [-0.2, 0) is 17.3 Å². The first-order valence-corrected chi connectivity index (χ1v) is 4.17. The second-order valence-electron chi connectivity index (χ2n) is 2.27. The quantitative estimate of drug-likeness (QED) is 0.693. The highest BCUT2D eigenvalue weighted by Crippen LogP contribution is 2.32. The molecule has 1 rings (SSSR count). The van der Waals surface area contributed by atoms with Gasteiger partial charge in [0, 0.05) is 0 Å². The number of hydrogen-bond acceptors (Lipinski definition) is 2. The number of alkyl halides is 3. The SMILES string of the molecule is Cc1[nH]nc(C(F)(F)F)c1S(=O)O. The van der Waals surface area contributed by atoms with Crippen molar-refractivity contribution in [2.75, 3.05) is 0 Å². The van der Waals surface area contributed by atoms with Crippen LogP contribution in [-0.4, -0.2) is 19.0 Å². The highest BCUT2D eigenvalue weighted by Gasteiger charge is 2.39. The molecule has 13 heavy (non-hydrogen) atoms. The zero-order valence-electron chi connectivity index (χ0n) is 6.34. The summed E-state index contributed by atoms with van der Waals surface area (Å²) in [4.78, 5) is -0.715. The van der Waals surface area contributed by atoms with E-state index in [2.05, 4.69) is 5.10 Å². The predicted molar refractivity (Wildman–Crippen MR) is 37.4 cm³/mol. The van der Waals surface area contributed by atoms with Crippen LogP contribution in [0, 0.1) is 6.92 Å². The number of rotatable bonds is 1. The molecule has 0 aliphatic carbocycles. The maximum absolute atomic E-state index is 12.1. The highest BCUT2D eigenvalue weighted by atomic mass is 32.2. The molecule has 0 saturated heterocycles. The molecule has 2 N–H and O–H groups in total. The molecule has 1 aromatic heterocycles. The van der Waals surface area contributed by atoms with Crippen molar-refractivity contribution >= 4 is 11.1 Å². The molecule has 1 atom stereocenters. The summed E-state index contributed by atoms with van der Waals surface area (Å²) in [7, 11) is 0. The molecule has 0 aromatic carbocycles. The molecule has 0 radical (unpaired) electrons. The fourth-order valence-corrected chi connectivity index (χ4v) is 1.46. The second-order valence-corrected chi connectivity index (χ2v) is 3.18. The van der Waals surface area contributed by atoms with Crippen LogP contribution in [0.1, 0.15) is 11.4 Å². The minimum atomic E-state index is -4.71. The lowest BCUT2D eigenvalue weighted by Gasteiger charge is -2.02. The minimum Gasteiger partial charge on any atom is -0.302 e. The summed E-state index contributed by atoms with van der Waals surface area (Å²) < 4.78 is 55.3. The van der Waals surface area contributed by atoms with Crippen LogP contribution in [0.15, 0.2) is 4.90 Å². The summed E-state index contributed by atoms with van der Waals surface area (Å²) in [6.45, 7) is 1.24. The van der Waals surface area contributed by atoms with E-state index in [4.69, 9.17) is 4.55 Å². The van der Waals surface area contributed by atoms with E-state index in [-0.39, 0.29) is 5.69 Å². The Morgan fingerprint density at radius 1 is 1.54 bits per heavy atom. The zero-order chi connectivity index (χ0) is 10.2. The Morgan fingerprint density at radius 2 is 2.08 bits per heavy atom. The van der Waals surface area contributed by atoms with Crippen molar-refractivity contribution in [3.8, 4) is 0 Å². The van der Waals surface area contributed by atoms with Gasteiger partial charge in [-0.1, -0.05) is 0 Å². The number of H-pyrrole nitrogens is 1. The van der Waals surface area contributed by atoms with Crippen molar-refractivity contribution in [1.82, 2.24) is 10.2 Å². The normalized spacial score (nSPS) is 14.5. The molecule has 8 heteroatoms. The van der Waals surface area contributed by atoms with Gasteiger partial charge in [-0.25, -0.2) is 4.21 Å². The van der Waals surface area contributed by atoms with Gasteiger partial charge in [0.25, 0.3) is 0 Å². The topological polar surface area (TPSA) is 66.0 Å². The molecule has 1 unspecified atom stereocenters. The summed E-state index contributed by atoms with van der Waals surface area (Å²) in [5.74, 6) is 0. The Morgan fingerprint density at radius 3 is 2.38 bits per heavy atom. The summed E-state index contributed by atoms with van der Waals surface area (Å²) in [6, 6.07) is 0. The van der Waals surface area contributed by atoms with Gasteiger partial charge in [-0.05, 0) is 6.92 Å². The summed E-state index contributed by atoms with van der Waals surface area (Å²) in [5, 5.41) is 4.91. The predicted octanol–water partition coefficient (Wildman–Crippen LogP) is 1.32. The Balaban J connectivity index is 3.31. The zero-order valence-corrected chi connectivity index (χ0v) is 7.16. The van der Waals surface area contributed by atoms with E-state index >= 15 is 0 Å². The van der Waals surface area contributed by atoms with Crippen molar-refractivity contribution in [1.29, 1.82) is 0 Å². The molecular formula is C5H5F3N2O2S. The van der Waals surface area contributed by atoms with E-state index in [0.29, 0.717) is 0 Å². The number of aromatic nitrogens is 2. The van der Waals surface area contributed by atoms with E-state index in [1.165, 1.54) is 6.92 Å². The van der Waals surface area contributed by atoms with Gasteiger partial charge < -0.3 is 4.55 Å². The standard InChI is InChI=1S/C5H5F3N2O2S/c1-2-3(13(11)12)4(10-9-2)5(6,7)8/h1H3,(H,9,10)(H,11,12). The Labute approximate surface area is 73.4 Å². The van der Waals surface area contributed by atoms with Crippen molar-refractivity contribution in [3.05, 3.63) is 11.4 Å². The largest absolute Gasteiger partial charge is 0.436 e. The molecule has 1 aromatic rings. The number of hydrogen-bond donors (Lipinski definition) is 2. The molecule has 74 valence electrons. The highest BCUT2D eigenvalue weighted by molar-refractivity contribution is 7.79. The molecule has 1 heterocycles. The van der Waals surface area contributed by atoms with E-state index in [1.54, 1.807) is 0 Å². The monoisotopic (exact) mass is 214 g/mol. The lowest BCUT2D eigenvalue weighted by molar-refractivity contribution is -0.143. The Hall–Kier alpha value is -0.890. The molecule has 0 spiro atoms. The third-order valence-corrected chi connectivity index (χ3v) is 2.18. The van der Waals surface area contributed by atoms with Crippen LogP contribution in [0.5, 0.6) is 0 Å². The average molecular weight is 214 g/mol. The fraction of sp³-hybridized carbons (Fsp3) is 0.400. The van der Waals surface area contributed by atoms with Crippen molar-refractivity contribution < 1.29 is 21.9 Å². The third-order valence-electron chi connectivity index (χ3n) is 1.33. The summed E-state index contributed by atoms with van der Waals surface area (Å²) in [5.41, 5.74) is -1.40. The third kappa shape index (κ3) is 1.89. The van der Waals surface area contributed by atoms with Gasteiger partial charge in [0.15, 0.2) is 16.8 Å². The molecule has 0 bridgehead atoms. The molecule has 0 amide bonds. The molecule has 0 saturated carbocycles. The lowest BCUT2D eigenvalue weighted by Crippen LogP contribution is -2.09. The van der Waals surface area contributed by atoms with Crippen LogP contribution in [0.25, 0.3) is 0 Å². The van der Waals surface area contributed by atoms with Gasteiger partial charge in [0.05, 0.1) is 5.69 Å². The van der Waals surface area contributed by atoms with Crippen LogP contribution in [0.2, 0.25) is 0 Å². The number of halogens is 3. The average Bonchev–Trinajstić information content (AvgIpc) is 2.28. The fourth-order valence-electron chi connectivity index (χ4n) is 0.825. The smallest absolute Gasteiger partial charge is 0.302 e. The Bertz CT molecular complexity index is 346. The van der Waals surface area contributed by atoms with Crippen molar-refractivity contribution in [2.45, 2.75) is 18.0 Å². The first kappa shape index (κ1) is 10.2. The molecular weight excluding hydrogens is 209 g/mol. The molecule has 4 nitrogen and oxygen atoms in total. The van der Waals surface area contributed by atoms with Gasteiger partial charge >= 0.3 is 6.18 Å². The molecule has 0 fully saturated rings. The lowest BCUT2D eigenvalue weighted by atomic mass is 10.3. The van der Waals surface area contributed by atoms with Gasteiger partial charge in [-0.15, -0.1) is 0 Å². The van der Waals surface area contributed by atoms with Gasteiger partial charge in [-0.3, -0.25) is 5.10 Å². The second kappa shape index (κ2) is 3.11. The molecule has 0 aliphatic rings. The minimum absolute atomic E-state index is 0.0619. The summed E-state index contributed by atoms with van der Waals surface area (Å²) in [6.07, 6.45) is -4.71. The van der Waals surface area contributed by atoms with E-state index in [1.807, 2.05) is 5.10 Å². The maximum Gasteiger partial charge on any atom is 0.436 e. The van der Waals surface area contributed by atoms with Crippen LogP contribution in [0.3, 0.4) is 0 Å². The summed E-state index contributed by atoms with van der Waals surface area (Å²) >= 11 is -2.68. The van der Waals surface area contributed by atoms with Crippen molar-refractivity contribution in [2.24, 2.45) is 0 Å². The maximum atomic E-state index is 12.1. The van der Waals surface area contributed by atoms with Gasteiger partial charge in [0.2, 0.25) is 0 Å². The molecule has 0 aliphatic heterocycles. The first-order chi connectivity index (χ1) is 5.84. The number of aromatic amines is 1. The van der Waals surface area contributed by atoms with E-state index in [9.17, 15) is 17.4 Å². The number of nitrogens with zero attached hydrogens (tertiary/aromatic N) is 1. The van der Waals surface area contributed by atoms with Crippen LogP contribution in [0.4, 0.5) is 13.2 Å². The number of aryl methyl sites for hydroxylation is 1. The van der Waals surface area contributed by atoms with E-state index in [0.717, 1.165) is 0 Å². The van der Waals surface area contributed by atoms with Gasteiger partial charge in [0.1, 0.15) is 4.90 Å². The Kier molecular flexibility index (Phi) is 2.44. The number of nitrogens with one attached hydrogen (secondary N) is 1. The van der Waals surface area contributed by atoms with Gasteiger partial charge in [-0.2, -0.15) is 18.3 Å². The van der Waals surface area contributed by atoms with Crippen LogP contribution < -0.4 is 0 Å². The van der Waals surface area contributed by atoms with Crippen LogP contribution >= 0.6 is 0 Å². The van der Waals surface area contributed by atoms with E-state index < -0.39 is 27.8 Å². The first-order valence-electron chi connectivity index (χ1n) is 3.07. The van der Waals surface area contributed by atoms with Crippen molar-refractivity contribution in [3.63, 3.8) is 0 Å².